The average Bonchev–Trinajstić information content (AvgIpc) is 2.86. The molecule has 4 aliphatic carbocycles. The number of hydrogen-bond acceptors (Lipinski definition) is 3. The second-order valence-corrected chi connectivity index (χ2v) is 9.41. The molecule has 1 N–H and O–H groups in total. The Morgan fingerprint density at radius 1 is 1.17 bits per heavy atom. The highest BCUT2D eigenvalue weighted by molar-refractivity contribution is 5.95. The minimum absolute atomic E-state index is 0.0219. The van der Waals surface area contributed by atoms with Crippen LogP contribution in [0.15, 0.2) is 11.6 Å². The molecule has 24 heavy (non-hydrogen) atoms. The van der Waals surface area contributed by atoms with Crippen LogP contribution in [0, 0.1) is 34.5 Å². The minimum Gasteiger partial charge on any atom is -0.385 e. The van der Waals surface area contributed by atoms with E-state index in [1.54, 1.807) is 13.0 Å². The Balaban J connectivity index is 1.68. The van der Waals surface area contributed by atoms with Gasteiger partial charge in [-0.15, -0.1) is 0 Å². The van der Waals surface area contributed by atoms with E-state index in [0.717, 1.165) is 32.1 Å². The molecule has 0 saturated heterocycles. The summed E-state index contributed by atoms with van der Waals surface area (Å²) in [6.45, 7) is 6.42. The molecule has 3 heteroatoms. The third-order valence-electron chi connectivity index (χ3n) is 8.49. The van der Waals surface area contributed by atoms with Crippen LogP contribution in [-0.4, -0.2) is 22.8 Å². The van der Waals surface area contributed by atoms with Crippen molar-refractivity contribution in [2.24, 2.45) is 34.5 Å². The molecule has 4 rings (SSSR count). The summed E-state index contributed by atoms with van der Waals surface area (Å²) in [6.07, 6.45) is 8.17. The minimum atomic E-state index is -0.820. The van der Waals surface area contributed by atoms with Crippen LogP contribution in [0.3, 0.4) is 0 Å². The average molecular weight is 330 g/mol. The van der Waals surface area contributed by atoms with Crippen molar-refractivity contribution in [1.82, 2.24) is 0 Å². The Bertz CT molecular complexity index is 621. The van der Waals surface area contributed by atoms with E-state index in [1.165, 1.54) is 12.0 Å². The van der Waals surface area contributed by atoms with E-state index in [4.69, 9.17) is 0 Å². The summed E-state index contributed by atoms with van der Waals surface area (Å²) in [7, 11) is 0. The molecular formula is C21H30O3. The van der Waals surface area contributed by atoms with E-state index >= 15 is 0 Å². The van der Waals surface area contributed by atoms with Crippen molar-refractivity contribution < 1.29 is 14.7 Å². The van der Waals surface area contributed by atoms with Crippen LogP contribution >= 0.6 is 0 Å². The quantitative estimate of drug-likeness (QED) is 0.797. The number of aliphatic hydroxyl groups excluding tert-OH is 1. The van der Waals surface area contributed by atoms with Gasteiger partial charge in [-0.1, -0.05) is 19.4 Å². The van der Waals surface area contributed by atoms with Gasteiger partial charge < -0.3 is 5.11 Å². The van der Waals surface area contributed by atoms with Crippen LogP contribution in [0.1, 0.15) is 65.7 Å². The van der Waals surface area contributed by atoms with Gasteiger partial charge in [0.1, 0.15) is 11.9 Å². The Morgan fingerprint density at radius 3 is 2.62 bits per heavy atom. The van der Waals surface area contributed by atoms with Crippen molar-refractivity contribution in [3.8, 4) is 0 Å². The maximum absolute atomic E-state index is 12.2. The summed E-state index contributed by atoms with van der Waals surface area (Å²) in [5.41, 5.74) is 1.43. The lowest BCUT2D eigenvalue weighted by Gasteiger charge is -2.58. The summed E-state index contributed by atoms with van der Waals surface area (Å²) < 4.78 is 0. The summed E-state index contributed by atoms with van der Waals surface area (Å²) >= 11 is 0. The first-order valence-corrected chi connectivity index (χ1v) is 9.71. The zero-order valence-corrected chi connectivity index (χ0v) is 15.2. The van der Waals surface area contributed by atoms with Crippen LogP contribution in [0.25, 0.3) is 0 Å². The SMILES string of the molecule is CC(=O)[C@@H]1CC[C@@H]2[C@H]3CCC4=CC(=O)C(O)C[C@@]4(C)[C@@H]3CC[C@]21C. The number of carbonyl (C=O) groups excluding carboxylic acids is 2. The molecule has 132 valence electrons. The molecule has 0 heterocycles. The van der Waals surface area contributed by atoms with E-state index in [2.05, 4.69) is 13.8 Å². The molecule has 3 fully saturated rings. The summed E-state index contributed by atoms with van der Waals surface area (Å²) in [5.74, 6) is 2.36. The molecule has 3 nitrogen and oxygen atoms in total. The number of ketones is 2. The lowest BCUT2D eigenvalue weighted by molar-refractivity contribution is -0.132. The van der Waals surface area contributed by atoms with E-state index < -0.39 is 6.10 Å². The largest absolute Gasteiger partial charge is 0.385 e. The molecular weight excluding hydrogens is 300 g/mol. The van der Waals surface area contributed by atoms with Gasteiger partial charge in [-0.2, -0.15) is 0 Å². The lowest BCUT2D eigenvalue weighted by atomic mass is 9.46. The van der Waals surface area contributed by atoms with Gasteiger partial charge in [0, 0.05) is 5.92 Å². The predicted molar refractivity (Wildman–Crippen MR) is 92.3 cm³/mol. The summed E-state index contributed by atoms with van der Waals surface area (Å²) in [4.78, 5) is 24.1. The highest BCUT2D eigenvalue weighted by Gasteiger charge is 2.60. The topological polar surface area (TPSA) is 54.4 Å². The summed E-state index contributed by atoms with van der Waals surface area (Å²) in [5, 5.41) is 10.2. The number of rotatable bonds is 1. The van der Waals surface area contributed by atoms with Crippen LogP contribution < -0.4 is 0 Å². The third kappa shape index (κ3) is 2.06. The molecule has 1 unspecified atom stereocenters. The lowest BCUT2D eigenvalue weighted by Crippen LogP contribution is -2.52. The Hall–Kier alpha value is -0.960. The first-order chi connectivity index (χ1) is 11.3. The monoisotopic (exact) mass is 330 g/mol. The number of carbonyl (C=O) groups is 2. The van der Waals surface area contributed by atoms with E-state index in [1.807, 2.05) is 0 Å². The molecule has 0 aromatic heterocycles. The fourth-order valence-corrected chi connectivity index (χ4v) is 7.28. The maximum Gasteiger partial charge on any atom is 0.184 e. The Kier molecular flexibility index (Phi) is 3.62. The Labute approximate surface area is 144 Å². The molecule has 0 aromatic carbocycles. The summed E-state index contributed by atoms with van der Waals surface area (Å²) in [6, 6.07) is 0. The van der Waals surface area contributed by atoms with Crippen molar-refractivity contribution in [1.29, 1.82) is 0 Å². The first-order valence-electron chi connectivity index (χ1n) is 9.71. The van der Waals surface area contributed by atoms with Crippen molar-refractivity contribution in [3.05, 3.63) is 11.6 Å². The van der Waals surface area contributed by atoms with Crippen LogP contribution in [0.4, 0.5) is 0 Å². The highest BCUT2D eigenvalue weighted by Crippen LogP contribution is 2.66. The van der Waals surface area contributed by atoms with Crippen LogP contribution in [-0.2, 0) is 9.59 Å². The van der Waals surface area contributed by atoms with Gasteiger partial charge in [-0.25, -0.2) is 0 Å². The van der Waals surface area contributed by atoms with Gasteiger partial charge in [0.15, 0.2) is 5.78 Å². The molecule has 0 bridgehead atoms. The number of hydrogen-bond donors (Lipinski definition) is 1. The molecule has 0 radical (unpaired) electrons. The maximum atomic E-state index is 12.2. The normalized spacial score (nSPS) is 50.6. The molecule has 0 spiro atoms. The molecule has 0 aromatic rings. The van der Waals surface area contributed by atoms with Crippen LogP contribution in [0.5, 0.6) is 0 Å². The second-order valence-electron chi connectivity index (χ2n) is 9.41. The Morgan fingerprint density at radius 2 is 1.92 bits per heavy atom. The zero-order valence-electron chi connectivity index (χ0n) is 15.2. The van der Waals surface area contributed by atoms with Gasteiger partial charge in [0.05, 0.1) is 0 Å². The number of Topliss-reactive ketones (excluding diaryl/α,β-unsaturated/α-hetero) is 1. The fraction of sp³-hybridized carbons (Fsp3) is 0.810. The van der Waals surface area contributed by atoms with Crippen molar-refractivity contribution in [2.75, 3.05) is 0 Å². The first kappa shape index (κ1) is 16.5. The molecule has 0 aliphatic heterocycles. The molecule has 4 aliphatic rings. The van der Waals surface area contributed by atoms with Gasteiger partial charge >= 0.3 is 0 Å². The standard InChI is InChI=1S/C21H30O3/c1-12(22)15-6-7-16-14-5-4-13-10-18(23)19(24)11-21(13,3)17(14)8-9-20(15,16)2/h10,14-17,19,24H,4-9,11H2,1-3H3/t14-,15+,16-,17-,19?,20+,21-/m1/s1. The van der Waals surface area contributed by atoms with Crippen molar-refractivity contribution >= 4 is 11.6 Å². The van der Waals surface area contributed by atoms with Gasteiger partial charge in [-0.3, -0.25) is 9.59 Å². The number of allylic oxidation sites excluding steroid dienone is 1. The zero-order chi connectivity index (χ0) is 17.3. The molecule has 3 saturated carbocycles. The van der Waals surface area contributed by atoms with Gasteiger partial charge in [-0.05, 0) is 86.5 Å². The highest BCUT2D eigenvalue weighted by atomic mass is 16.3. The van der Waals surface area contributed by atoms with E-state index in [-0.39, 0.29) is 22.5 Å². The van der Waals surface area contributed by atoms with Gasteiger partial charge in [0.25, 0.3) is 0 Å². The van der Waals surface area contributed by atoms with E-state index in [0.29, 0.717) is 30.0 Å². The van der Waals surface area contributed by atoms with Gasteiger partial charge in [0.2, 0.25) is 0 Å². The number of aliphatic hydroxyl groups is 1. The third-order valence-corrected chi connectivity index (χ3v) is 8.49. The van der Waals surface area contributed by atoms with Crippen LogP contribution in [0.2, 0.25) is 0 Å². The smallest absolute Gasteiger partial charge is 0.184 e. The fourth-order valence-electron chi connectivity index (χ4n) is 7.28. The predicted octanol–water partition coefficient (Wildman–Crippen LogP) is 3.69. The number of fused-ring (bicyclic) bond motifs is 5. The second kappa shape index (κ2) is 5.27. The van der Waals surface area contributed by atoms with Crippen molar-refractivity contribution in [3.63, 3.8) is 0 Å². The van der Waals surface area contributed by atoms with Crippen molar-refractivity contribution in [2.45, 2.75) is 71.8 Å². The molecule has 0 amide bonds. The van der Waals surface area contributed by atoms with E-state index in [9.17, 15) is 14.7 Å². The molecule has 7 atom stereocenters.